The Bertz CT molecular complexity index is 970. The van der Waals surface area contributed by atoms with E-state index in [1.54, 1.807) is 37.3 Å². The zero-order chi connectivity index (χ0) is 17.8. The Kier molecular flexibility index (Phi) is 4.74. The SMILES string of the molecule is C[C@@H](OC(=O)COc1ccccc1F)c1nc2ccccc2c(=O)[nH]1. The van der Waals surface area contributed by atoms with Crippen LogP contribution in [0.2, 0.25) is 0 Å². The van der Waals surface area contributed by atoms with Crippen molar-refractivity contribution in [2.45, 2.75) is 13.0 Å². The number of aromatic amines is 1. The van der Waals surface area contributed by atoms with Gasteiger partial charge in [0.15, 0.2) is 30.1 Å². The smallest absolute Gasteiger partial charge is 0.344 e. The Balaban J connectivity index is 1.67. The summed E-state index contributed by atoms with van der Waals surface area (Å²) < 4.78 is 23.7. The summed E-state index contributed by atoms with van der Waals surface area (Å²) in [7, 11) is 0. The number of ether oxygens (including phenoxy) is 2. The molecule has 0 unspecified atom stereocenters. The number of carbonyl (C=O) groups excluding carboxylic acids is 1. The number of nitrogens with one attached hydrogen (secondary N) is 1. The van der Waals surface area contributed by atoms with Crippen molar-refractivity contribution in [2.75, 3.05) is 6.61 Å². The first-order valence-corrected chi connectivity index (χ1v) is 7.60. The van der Waals surface area contributed by atoms with Gasteiger partial charge < -0.3 is 14.5 Å². The van der Waals surface area contributed by atoms with Crippen LogP contribution in [-0.4, -0.2) is 22.5 Å². The molecule has 0 aliphatic carbocycles. The molecule has 1 aromatic heterocycles. The minimum atomic E-state index is -0.783. The number of rotatable bonds is 5. The molecule has 0 fully saturated rings. The molecule has 0 radical (unpaired) electrons. The van der Waals surface area contributed by atoms with E-state index in [4.69, 9.17) is 9.47 Å². The number of nitrogens with zero attached hydrogens (tertiary/aromatic N) is 1. The summed E-state index contributed by atoms with van der Waals surface area (Å²) in [6.07, 6.45) is -0.783. The van der Waals surface area contributed by atoms with Crippen LogP contribution in [0.1, 0.15) is 18.9 Å². The highest BCUT2D eigenvalue weighted by Gasteiger charge is 2.16. The van der Waals surface area contributed by atoms with Crippen molar-refractivity contribution in [2.24, 2.45) is 0 Å². The van der Waals surface area contributed by atoms with Crippen molar-refractivity contribution in [1.82, 2.24) is 9.97 Å². The minimum absolute atomic E-state index is 0.0376. The van der Waals surface area contributed by atoms with E-state index in [-0.39, 0.29) is 17.1 Å². The molecule has 3 aromatic rings. The number of aromatic nitrogens is 2. The Morgan fingerprint density at radius 3 is 2.72 bits per heavy atom. The monoisotopic (exact) mass is 342 g/mol. The number of carbonyl (C=O) groups is 1. The van der Waals surface area contributed by atoms with Gasteiger partial charge in [-0.05, 0) is 31.2 Å². The molecule has 2 aromatic carbocycles. The third-order valence-corrected chi connectivity index (χ3v) is 3.51. The van der Waals surface area contributed by atoms with Gasteiger partial charge in [-0.15, -0.1) is 0 Å². The number of esters is 1. The lowest BCUT2D eigenvalue weighted by Gasteiger charge is -2.13. The second kappa shape index (κ2) is 7.12. The van der Waals surface area contributed by atoms with Gasteiger partial charge in [0, 0.05) is 0 Å². The average molecular weight is 342 g/mol. The van der Waals surface area contributed by atoms with Gasteiger partial charge in [0.2, 0.25) is 0 Å². The predicted octanol–water partition coefficient (Wildman–Crippen LogP) is 2.75. The van der Waals surface area contributed by atoms with Gasteiger partial charge in [0.05, 0.1) is 10.9 Å². The van der Waals surface area contributed by atoms with Gasteiger partial charge in [-0.3, -0.25) is 4.79 Å². The highest BCUT2D eigenvalue weighted by atomic mass is 19.1. The van der Waals surface area contributed by atoms with Gasteiger partial charge >= 0.3 is 5.97 Å². The molecule has 0 spiro atoms. The molecule has 1 atom stereocenters. The lowest BCUT2D eigenvalue weighted by molar-refractivity contribution is -0.151. The van der Waals surface area contributed by atoms with E-state index in [2.05, 4.69) is 9.97 Å². The Hall–Kier alpha value is -3.22. The Morgan fingerprint density at radius 2 is 1.92 bits per heavy atom. The first-order chi connectivity index (χ1) is 12.0. The maximum absolute atomic E-state index is 13.4. The predicted molar refractivity (Wildman–Crippen MR) is 88.8 cm³/mol. The fourth-order valence-corrected chi connectivity index (χ4v) is 2.28. The summed E-state index contributed by atoms with van der Waals surface area (Å²) in [5.74, 6) is -1.08. The van der Waals surface area contributed by atoms with Crippen LogP contribution in [-0.2, 0) is 9.53 Å². The molecule has 6 nitrogen and oxygen atoms in total. The molecule has 1 N–H and O–H groups in total. The van der Waals surface area contributed by atoms with Gasteiger partial charge in [-0.25, -0.2) is 14.2 Å². The van der Waals surface area contributed by atoms with Crippen LogP contribution in [0.5, 0.6) is 5.75 Å². The molecule has 7 heteroatoms. The van der Waals surface area contributed by atoms with E-state index in [9.17, 15) is 14.0 Å². The van der Waals surface area contributed by atoms with Crippen LogP contribution >= 0.6 is 0 Å². The Morgan fingerprint density at radius 1 is 1.20 bits per heavy atom. The first-order valence-electron chi connectivity index (χ1n) is 7.60. The molecule has 0 aliphatic rings. The molecule has 0 saturated heterocycles. The largest absolute Gasteiger partial charge is 0.479 e. The van der Waals surface area contributed by atoms with E-state index in [1.807, 2.05) is 0 Å². The first kappa shape index (κ1) is 16.6. The fourth-order valence-electron chi connectivity index (χ4n) is 2.28. The average Bonchev–Trinajstić information content (AvgIpc) is 2.61. The lowest BCUT2D eigenvalue weighted by atomic mass is 10.2. The van der Waals surface area contributed by atoms with Gasteiger partial charge in [-0.2, -0.15) is 0 Å². The summed E-state index contributed by atoms with van der Waals surface area (Å²) in [5.41, 5.74) is 0.192. The van der Waals surface area contributed by atoms with E-state index in [0.717, 1.165) is 0 Å². The van der Waals surface area contributed by atoms with Crippen molar-refractivity contribution in [3.8, 4) is 5.75 Å². The van der Waals surface area contributed by atoms with Crippen LogP contribution in [0.4, 0.5) is 4.39 Å². The number of hydrogen-bond donors (Lipinski definition) is 1. The van der Waals surface area contributed by atoms with Crippen LogP contribution in [0.25, 0.3) is 10.9 Å². The van der Waals surface area contributed by atoms with E-state index < -0.39 is 24.5 Å². The molecule has 1 heterocycles. The van der Waals surface area contributed by atoms with Gasteiger partial charge in [-0.1, -0.05) is 24.3 Å². The molecule has 0 amide bonds. The van der Waals surface area contributed by atoms with E-state index in [1.165, 1.54) is 18.2 Å². The third-order valence-electron chi connectivity index (χ3n) is 3.51. The number of benzene rings is 2. The maximum Gasteiger partial charge on any atom is 0.344 e. The van der Waals surface area contributed by atoms with Crippen molar-refractivity contribution < 1.29 is 18.7 Å². The number of H-pyrrole nitrogens is 1. The number of hydrogen-bond acceptors (Lipinski definition) is 5. The summed E-state index contributed by atoms with van der Waals surface area (Å²) in [5, 5.41) is 0.452. The molecule has 25 heavy (non-hydrogen) atoms. The quantitative estimate of drug-likeness (QED) is 0.721. The van der Waals surface area contributed by atoms with Crippen molar-refractivity contribution in [3.63, 3.8) is 0 Å². The third kappa shape index (κ3) is 3.82. The molecule has 128 valence electrons. The van der Waals surface area contributed by atoms with Crippen molar-refractivity contribution in [3.05, 3.63) is 70.5 Å². The molecule has 0 bridgehead atoms. The van der Waals surface area contributed by atoms with E-state index in [0.29, 0.717) is 10.9 Å². The Labute approximate surface area is 142 Å². The second-order valence-corrected chi connectivity index (χ2v) is 5.32. The second-order valence-electron chi connectivity index (χ2n) is 5.32. The highest BCUT2D eigenvalue weighted by molar-refractivity contribution is 5.77. The summed E-state index contributed by atoms with van der Waals surface area (Å²) >= 11 is 0. The highest BCUT2D eigenvalue weighted by Crippen LogP contribution is 2.17. The summed E-state index contributed by atoms with van der Waals surface area (Å²) in [4.78, 5) is 30.8. The fraction of sp³-hybridized carbons (Fsp3) is 0.167. The van der Waals surface area contributed by atoms with Gasteiger partial charge in [0.1, 0.15) is 0 Å². The van der Waals surface area contributed by atoms with Crippen LogP contribution in [0.3, 0.4) is 0 Å². The molecule has 0 aliphatic heterocycles. The number of fused-ring (bicyclic) bond motifs is 1. The minimum Gasteiger partial charge on any atom is -0.479 e. The van der Waals surface area contributed by atoms with E-state index >= 15 is 0 Å². The lowest BCUT2D eigenvalue weighted by Crippen LogP contribution is -2.20. The van der Waals surface area contributed by atoms with Crippen molar-refractivity contribution in [1.29, 1.82) is 0 Å². The molecular formula is C18H15FN2O4. The number of halogens is 1. The maximum atomic E-state index is 13.4. The number of para-hydroxylation sites is 2. The standard InChI is InChI=1S/C18H15FN2O4/c1-11(17-20-14-8-4-2-6-12(14)18(23)21-17)25-16(22)10-24-15-9-5-3-7-13(15)19/h2-9,11H,10H2,1H3,(H,20,21,23)/t11-/m1/s1. The van der Waals surface area contributed by atoms with Crippen LogP contribution in [0, 0.1) is 5.82 Å². The van der Waals surface area contributed by atoms with Gasteiger partial charge in [0.25, 0.3) is 5.56 Å². The molecule has 0 saturated carbocycles. The summed E-state index contributed by atoms with van der Waals surface area (Å²) in [6, 6.07) is 12.6. The summed E-state index contributed by atoms with van der Waals surface area (Å²) in [6.45, 7) is 1.12. The van der Waals surface area contributed by atoms with Crippen molar-refractivity contribution >= 4 is 16.9 Å². The van der Waals surface area contributed by atoms with Crippen LogP contribution in [0.15, 0.2) is 53.3 Å². The molecular weight excluding hydrogens is 327 g/mol. The normalized spacial score (nSPS) is 11.9. The zero-order valence-corrected chi connectivity index (χ0v) is 13.4. The molecule has 3 rings (SSSR count). The zero-order valence-electron chi connectivity index (χ0n) is 13.4. The topological polar surface area (TPSA) is 81.3 Å². The van der Waals surface area contributed by atoms with Crippen LogP contribution < -0.4 is 10.3 Å².